The normalized spacial score (nSPS) is 38.2. The van der Waals surface area contributed by atoms with Crippen LogP contribution in [-0.4, -0.2) is 67.9 Å². The third-order valence-corrected chi connectivity index (χ3v) is 5.23. The number of nitrogens with zero attached hydrogens (tertiary/aromatic N) is 1. The molecule has 2 aliphatic heterocycles. The van der Waals surface area contributed by atoms with Crippen molar-refractivity contribution in [1.29, 1.82) is 0 Å². The van der Waals surface area contributed by atoms with Gasteiger partial charge in [0.1, 0.15) is 5.54 Å². The number of likely N-dealkylation sites (N-methyl/N-ethyl adjacent to an activating group) is 1. The molecule has 1 unspecified atom stereocenters. The molecule has 0 bridgehead atoms. The van der Waals surface area contributed by atoms with E-state index in [4.69, 9.17) is 9.57 Å². The van der Waals surface area contributed by atoms with Crippen LogP contribution in [0.3, 0.4) is 0 Å². The first kappa shape index (κ1) is 16.1. The molecule has 20 heavy (non-hydrogen) atoms. The molecule has 2 fully saturated rings. The highest BCUT2D eigenvalue weighted by Crippen LogP contribution is 2.49. The van der Waals surface area contributed by atoms with Crippen LogP contribution >= 0.6 is 0 Å². The summed E-state index contributed by atoms with van der Waals surface area (Å²) in [6, 6.07) is 0. The first-order chi connectivity index (χ1) is 9.49. The Balaban J connectivity index is 2.48. The van der Waals surface area contributed by atoms with E-state index >= 15 is 0 Å². The van der Waals surface area contributed by atoms with E-state index in [2.05, 4.69) is 17.6 Å². The second-order valence-corrected chi connectivity index (χ2v) is 6.13. The number of hydrogen-bond donors (Lipinski definition) is 3. The number of nitrogens with one attached hydrogen (secondary N) is 2. The summed E-state index contributed by atoms with van der Waals surface area (Å²) in [4.78, 5) is 5.62. The van der Waals surface area contributed by atoms with Gasteiger partial charge in [0.05, 0.1) is 13.7 Å². The summed E-state index contributed by atoms with van der Waals surface area (Å²) < 4.78 is 5.61. The summed E-state index contributed by atoms with van der Waals surface area (Å²) in [7, 11) is 5.07. The van der Waals surface area contributed by atoms with Crippen LogP contribution in [0.1, 0.15) is 32.6 Å². The van der Waals surface area contributed by atoms with Gasteiger partial charge in [-0.15, -0.1) is 0 Å². The summed E-state index contributed by atoms with van der Waals surface area (Å²) in [6.45, 7) is 4.32. The first-order valence-corrected chi connectivity index (χ1v) is 7.48. The zero-order valence-electron chi connectivity index (χ0n) is 13.2. The van der Waals surface area contributed by atoms with Crippen LogP contribution in [0.25, 0.3) is 0 Å². The molecule has 0 aromatic carbocycles. The molecule has 0 spiro atoms. The third-order valence-electron chi connectivity index (χ3n) is 5.23. The lowest BCUT2D eigenvalue weighted by molar-refractivity contribution is -0.331. The zero-order chi connectivity index (χ0) is 14.9. The van der Waals surface area contributed by atoms with Crippen molar-refractivity contribution in [1.82, 2.24) is 15.7 Å². The van der Waals surface area contributed by atoms with Gasteiger partial charge in [-0.05, 0) is 46.2 Å². The van der Waals surface area contributed by atoms with Crippen molar-refractivity contribution in [2.75, 3.05) is 40.9 Å². The lowest BCUT2D eigenvalue weighted by Gasteiger charge is -2.56. The van der Waals surface area contributed by atoms with E-state index in [1.165, 1.54) is 0 Å². The van der Waals surface area contributed by atoms with Crippen LogP contribution < -0.4 is 10.6 Å². The molecular weight excluding hydrogens is 258 g/mol. The Morgan fingerprint density at radius 2 is 2.10 bits per heavy atom. The maximum absolute atomic E-state index is 11.3. The van der Waals surface area contributed by atoms with Gasteiger partial charge in [0.25, 0.3) is 0 Å². The Morgan fingerprint density at radius 1 is 1.35 bits per heavy atom. The molecule has 2 aliphatic rings. The summed E-state index contributed by atoms with van der Waals surface area (Å²) >= 11 is 0. The van der Waals surface area contributed by atoms with Crippen LogP contribution in [0.4, 0.5) is 0 Å². The van der Waals surface area contributed by atoms with Gasteiger partial charge in [0.15, 0.2) is 0 Å². The Morgan fingerprint density at radius 3 is 2.60 bits per heavy atom. The summed E-state index contributed by atoms with van der Waals surface area (Å²) in [5.74, 6) is -1.31. The fourth-order valence-electron chi connectivity index (χ4n) is 4.29. The molecule has 2 rings (SSSR count). The maximum Gasteiger partial charge on any atom is 0.200 e. The molecule has 0 aliphatic carbocycles. The van der Waals surface area contributed by atoms with E-state index in [0.717, 1.165) is 38.8 Å². The van der Waals surface area contributed by atoms with Gasteiger partial charge in [-0.25, -0.2) is 0 Å². The minimum absolute atomic E-state index is 0.235. The molecule has 0 radical (unpaired) electrons. The van der Waals surface area contributed by atoms with Crippen LogP contribution in [0.5, 0.6) is 0 Å². The standard InChI is InChI=1S/C14H29N3O3/c1-12(7-5-9-16-12)13(8-6-10-17(13)20-4)14(18,19-3)11-15-2/h15-16,18H,5-11H2,1-4H3/t12-,13-,14?/m1/s1. The van der Waals surface area contributed by atoms with E-state index in [0.29, 0.717) is 6.54 Å². The number of hydroxylamine groups is 2. The van der Waals surface area contributed by atoms with Gasteiger partial charge in [-0.2, -0.15) is 5.06 Å². The number of hydrogen-bond acceptors (Lipinski definition) is 6. The lowest BCUT2D eigenvalue weighted by atomic mass is 9.69. The van der Waals surface area contributed by atoms with E-state index in [1.807, 2.05) is 12.1 Å². The van der Waals surface area contributed by atoms with Crippen molar-refractivity contribution in [2.24, 2.45) is 0 Å². The first-order valence-electron chi connectivity index (χ1n) is 7.48. The second-order valence-electron chi connectivity index (χ2n) is 6.13. The van der Waals surface area contributed by atoms with Gasteiger partial charge < -0.3 is 25.3 Å². The predicted octanol–water partition coefficient (Wildman–Crippen LogP) is 0.0789. The molecule has 0 aromatic heterocycles. The van der Waals surface area contributed by atoms with Crippen LogP contribution in [0, 0.1) is 0 Å². The van der Waals surface area contributed by atoms with Gasteiger partial charge in [0.2, 0.25) is 5.79 Å². The molecule has 0 aromatic rings. The van der Waals surface area contributed by atoms with Crippen LogP contribution in [0.15, 0.2) is 0 Å². The molecule has 0 saturated carbocycles. The minimum atomic E-state index is -1.31. The fraction of sp³-hybridized carbons (Fsp3) is 1.00. The number of ether oxygens (including phenoxy) is 1. The van der Waals surface area contributed by atoms with Crippen LogP contribution in [-0.2, 0) is 9.57 Å². The van der Waals surface area contributed by atoms with Gasteiger partial charge in [-0.3, -0.25) is 0 Å². The average Bonchev–Trinajstić information content (AvgIpc) is 3.06. The van der Waals surface area contributed by atoms with Crippen molar-refractivity contribution in [2.45, 2.75) is 49.5 Å². The molecule has 6 nitrogen and oxygen atoms in total. The molecule has 118 valence electrons. The van der Waals surface area contributed by atoms with Gasteiger partial charge in [-0.1, -0.05) is 0 Å². The van der Waals surface area contributed by atoms with Gasteiger partial charge >= 0.3 is 0 Å². The summed E-state index contributed by atoms with van der Waals surface area (Å²) in [5, 5.41) is 19.8. The molecule has 3 N–H and O–H groups in total. The number of methoxy groups -OCH3 is 1. The minimum Gasteiger partial charge on any atom is -0.363 e. The molecule has 2 saturated heterocycles. The second kappa shape index (κ2) is 5.87. The maximum atomic E-state index is 11.3. The van der Waals surface area contributed by atoms with Crippen molar-refractivity contribution in [3.05, 3.63) is 0 Å². The summed E-state index contributed by atoms with van der Waals surface area (Å²) in [6.07, 6.45) is 3.94. The predicted molar refractivity (Wildman–Crippen MR) is 77.2 cm³/mol. The Kier molecular flexibility index (Phi) is 4.73. The molecule has 6 heteroatoms. The third kappa shape index (κ3) is 2.10. The highest BCUT2D eigenvalue weighted by atomic mass is 16.7. The Bertz CT molecular complexity index is 336. The molecule has 0 amide bonds. The topological polar surface area (TPSA) is 66.0 Å². The van der Waals surface area contributed by atoms with Crippen molar-refractivity contribution >= 4 is 0 Å². The van der Waals surface area contributed by atoms with Crippen molar-refractivity contribution in [3.63, 3.8) is 0 Å². The Labute approximate surface area is 121 Å². The fourth-order valence-corrected chi connectivity index (χ4v) is 4.29. The van der Waals surface area contributed by atoms with Gasteiger partial charge in [0, 0.05) is 19.2 Å². The zero-order valence-corrected chi connectivity index (χ0v) is 13.2. The quantitative estimate of drug-likeness (QED) is 0.601. The highest BCUT2D eigenvalue weighted by molar-refractivity contribution is 5.19. The SMILES string of the molecule is CNCC(O)(OC)[C@]1([C@@]2(C)CCCN2)CCCN1OC. The summed E-state index contributed by atoms with van der Waals surface area (Å²) in [5.41, 5.74) is -0.829. The molecular formula is C14H29N3O3. The number of rotatable bonds is 6. The largest absolute Gasteiger partial charge is 0.363 e. The molecule has 3 atom stereocenters. The van der Waals surface area contributed by atoms with E-state index in [9.17, 15) is 5.11 Å². The van der Waals surface area contributed by atoms with Crippen LogP contribution in [0.2, 0.25) is 0 Å². The highest BCUT2D eigenvalue weighted by Gasteiger charge is 2.67. The monoisotopic (exact) mass is 287 g/mol. The Hall–Kier alpha value is -0.240. The smallest absolute Gasteiger partial charge is 0.200 e. The lowest BCUT2D eigenvalue weighted by Crippen LogP contribution is -2.77. The molecule has 2 heterocycles. The van der Waals surface area contributed by atoms with E-state index in [-0.39, 0.29) is 5.54 Å². The van der Waals surface area contributed by atoms with E-state index in [1.54, 1.807) is 14.2 Å². The van der Waals surface area contributed by atoms with E-state index < -0.39 is 11.3 Å². The number of aliphatic hydroxyl groups is 1. The average molecular weight is 287 g/mol. The van der Waals surface area contributed by atoms with Crippen molar-refractivity contribution < 1.29 is 14.7 Å². The van der Waals surface area contributed by atoms with Crippen molar-refractivity contribution in [3.8, 4) is 0 Å².